The molecule has 10 heteroatoms. The molecular weight excluding hydrogens is 370 g/mol. The highest BCUT2D eigenvalue weighted by Gasteiger charge is 2.30. The molecule has 1 atom stereocenters. The minimum Gasteiger partial charge on any atom is -0.462 e. The summed E-state index contributed by atoms with van der Waals surface area (Å²) in [7, 11) is 0. The van der Waals surface area contributed by atoms with Crippen molar-refractivity contribution in [3.63, 3.8) is 0 Å². The van der Waals surface area contributed by atoms with Crippen LogP contribution in [0.4, 0.5) is 5.69 Å². The van der Waals surface area contributed by atoms with Crippen LogP contribution >= 0.6 is 11.8 Å². The van der Waals surface area contributed by atoms with E-state index in [0.717, 1.165) is 24.6 Å². The topological polar surface area (TPSA) is 149 Å². The molecule has 27 heavy (non-hydrogen) atoms. The Morgan fingerprint density at radius 3 is 2.63 bits per heavy atom. The van der Waals surface area contributed by atoms with Gasteiger partial charge < -0.3 is 21.5 Å². The fraction of sp³-hybridized carbons (Fsp3) is 0.353. The van der Waals surface area contributed by atoms with E-state index in [1.807, 2.05) is 6.92 Å². The number of benzene rings is 1. The highest BCUT2D eigenvalue weighted by molar-refractivity contribution is 8.15. The largest absolute Gasteiger partial charge is 0.462 e. The van der Waals surface area contributed by atoms with Gasteiger partial charge in [-0.25, -0.2) is 4.79 Å². The highest BCUT2D eigenvalue weighted by Crippen LogP contribution is 2.26. The van der Waals surface area contributed by atoms with Crippen LogP contribution in [0, 0.1) is 0 Å². The molecule has 1 aromatic carbocycles. The van der Waals surface area contributed by atoms with E-state index in [1.165, 1.54) is 0 Å². The lowest BCUT2D eigenvalue weighted by molar-refractivity contribution is -0.121. The van der Waals surface area contributed by atoms with Crippen molar-refractivity contribution in [3.05, 3.63) is 29.8 Å². The standard InChI is InChI=1S/C17H21N5O4S/c1-2-3-8-26-15(25)10-4-6-11(7-5-10)20-13(23)9-12-14(24)21-17(27-12)22-16(18)19/h4-7,12H,2-3,8-9H2,1H3,(H,20,23)(H4,18,19,21,22,24)/t12-/m0/s1. The fourth-order valence-electron chi connectivity index (χ4n) is 2.12. The molecule has 144 valence electrons. The molecule has 1 aliphatic rings. The summed E-state index contributed by atoms with van der Waals surface area (Å²) < 4.78 is 5.12. The van der Waals surface area contributed by atoms with E-state index >= 15 is 0 Å². The maximum absolute atomic E-state index is 12.1. The highest BCUT2D eigenvalue weighted by atomic mass is 32.2. The summed E-state index contributed by atoms with van der Waals surface area (Å²) in [6.45, 7) is 2.39. The van der Waals surface area contributed by atoms with Gasteiger partial charge in [0.25, 0.3) is 5.91 Å². The zero-order valence-electron chi connectivity index (χ0n) is 14.8. The number of nitrogens with two attached hydrogens (primary N) is 2. The molecule has 2 amide bonds. The van der Waals surface area contributed by atoms with Gasteiger partial charge in [-0.05, 0) is 30.7 Å². The first kappa shape index (κ1) is 20.4. The van der Waals surface area contributed by atoms with Crippen LogP contribution < -0.4 is 16.8 Å². The summed E-state index contributed by atoms with van der Waals surface area (Å²) in [5.41, 5.74) is 11.4. The number of hydrogen-bond donors (Lipinski definition) is 3. The van der Waals surface area contributed by atoms with Crippen LogP contribution in [-0.4, -0.2) is 40.8 Å². The summed E-state index contributed by atoms with van der Waals surface area (Å²) in [4.78, 5) is 43.2. The Bertz CT molecular complexity index is 772. The average Bonchev–Trinajstić information content (AvgIpc) is 2.93. The van der Waals surface area contributed by atoms with E-state index in [0.29, 0.717) is 17.9 Å². The number of aliphatic imine (C=N–C) groups is 2. The van der Waals surface area contributed by atoms with Gasteiger partial charge >= 0.3 is 5.97 Å². The van der Waals surface area contributed by atoms with Crippen molar-refractivity contribution < 1.29 is 19.1 Å². The number of nitrogens with one attached hydrogen (secondary N) is 1. The van der Waals surface area contributed by atoms with Crippen LogP contribution in [0.3, 0.4) is 0 Å². The number of carbonyl (C=O) groups is 3. The molecule has 2 rings (SSSR count). The Kier molecular flexibility index (Phi) is 7.35. The number of carbonyl (C=O) groups excluding carboxylic acids is 3. The number of unbranched alkanes of at least 4 members (excludes halogenated alkanes) is 1. The maximum atomic E-state index is 12.1. The SMILES string of the molecule is CCCCOC(=O)c1ccc(NC(=O)C[C@@H]2SC(N=C(N)N)=NC2=O)cc1. The van der Waals surface area contributed by atoms with Crippen molar-refractivity contribution in [1.82, 2.24) is 0 Å². The van der Waals surface area contributed by atoms with E-state index in [-0.39, 0.29) is 23.5 Å². The zero-order valence-corrected chi connectivity index (χ0v) is 15.6. The van der Waals surface area contributed by atoms with Crippen LogP contribution in [0.1, 0.15) is 36.5 Å². The molecule has 0 bridgehead atoms. The van der Waals surface area contributed by atoms with Crippen LogP contribution in [0.25, 0.3) is 0 Å². The van der Waals surface area contributed by atoms with Gasteiger partial charge in [-0.2, -0.15) is 9.98 Å². The molecule has 1 heterocycles. The summed E-state index contributed by atoms with van der Waals surface area (Å²) in [6, 6.07) is 6.33. The monoisotopic (exact) mass is 391 g/mol. The first-order valence-corrected chi connectivity index (χ1v) is 9.23. The van der Waals surface area contributed by atoms with Crippen molar-refractivity contribution in [2.75, 3.05) is 11.9 Å². The van der Waals surface area contributed by atoms with Crippen LogP contribution in [-0.2, 0) is 14.3 Å². The van der Waals surface area contributed by atoms with Crippen molar-refractivity contribution in [2.45, 2.75) is 31.4 Å². The van der Waals surface area contributed by atoms with Gasteiger partial charge in [-0.15, -0.1) is 0 Å². The van der Waals surface area contributed by atoms with Gasteiger partial charge in [0.1, 0.15) is 5.25 Å². The van der Waals surface area contributed by atoms with Gasteiger partial charge in [0, 0.05) is 12.1 Å². The second kappa shape index (κ2) is 9.72. The predicted octanol–water partition coefficient (Wildman–Crippen LogP) is 1.24. The Hall–Kier alpha value is -2.88. The molecule has 0 aliphatic carbocycles. The average molecular weight is 391 g/mol. The number of amides is 2. The maximum Gasteiger partial charge on any atom is 0.338 e. The fourth-order valence-corrected chi connectivity index (χ4v) is 3.07. The smallest absolute Gasteiger partial charge is 0.338 e. The number of rotatable bonds is 7. The lowest BCUT2D eigenvalue weighted by Crippen LogP contribution is -2.23. The number of esters is 1. The Labute approximate surface area is 160 Å². The second-order valence-electron chi connectivity index (χ2n) is 5.69. The van der Waals surface area contributed by atoms with Crippen molar-refractivity contribution in [1.29, 1.82) is 0 Å². The molecule has 0 saturated heterocycles. The van der Waals surface area contributed by atoms with Gasteiger partial charge in [0.15, 0.2) is 11.1 Å². The van der Waals surface area contributed by atoms with Gasteiger partial charge in [-0.1, -0.05) is 25.1 Å². The number of hydrogen-bond acceptors (Lipinski definition) is 6. The summed E-state index contributed by atoms with van der Waals surface area (Å²) in [6.07, 6.45) is 1.68. The van der Waals surface area contributed by atoms with Crippen LogP contribution in [0.15, 0.2) is 34.3 Å². The van der Waals surface area contributed by atoms with Gasteiger partial charge in [-0.3, -0.25) is 9.59 Å². The van der Waals surface area contributed by atoms with Gasteiger partial charge in [0.2, 0.25) is 5.91 Å². The van der Waals surface area contributed by atoms with E-state index in [4.69, 9.17) is 16.2 Å². The first-order valence-electron chi connectivity index (χ1n) is 8.35. The van der Waals surface area contributed by atoms with E-state index in [2.05, 4.69) is 15.3 Å². The van der Waals surface area contributed by atoms with Gasteiger partial charge in [0.05, 0.1) is 12.2 Å². The van der Waals surface area contributed by atoms with Crippen LogP contribution in [0.5, 0.6) is 0 Å². The van der Waals surface area contributed by atoms with Crippen molar-refractivity contribution in [2.24, 2.45) is 21.5 Å². The molecule has 1 aliphatic heterocycles. The number of guanidine groups is 1. The Balaban J connectivity index is 1.85. The third-order valence-electron chi connectivity index (χ3n) is 3.46. The normalized spacial score (nSPS) is 15.8. The Morgan fingerprint density at radius 1 is 1.30 bits per heavy atom. The molecule has 0 saturated carbocycles. The zero-order chi connectivity index (χ0) is 19.8. The molecule has 1 aromatic rings. The van der Waals surface area contributed by atoms with Crippen LogP contribution in [0.2, 0.25) is 0 Å². The minimum absolute atomic E-state index is 0.0721. The summed E-state index contributed by atoms with van der Waals surface area (Å²) >= 11 is 1.03. The van der Waals surface area contributed by atoms with E-state index in [9.17, 15) is 14.4 Å². The number of amidine groups is 1. The third-order valence-corrected chi connectivity index (χ3v) is 4.51. The van der Waals surface area contributed by atoms with Crippen molar-refractivity contribution in [3.8, 4) is 0 Å². The lowest BCUT2D eigenvalue weighted by Gasteiger charge is -2.09. The molecule has 9 nitrogen and oxygen atoms in total. The number of ether oxygens (including phenoxy) is 1. The third kappa shape index (κ3) is 6.41. The minimum atomic E-state index is -0.670. The van der Waals surface area contributed by atoms with E-state index < -0.39 is 17.1 Å². The molecular formula is C17H21N5O4S. The lowest BCUT2D eigenvalue weighted by atomic mass is 10.2. The molecule has 0 unspecified atom stereocenters. The quantitative estimate of drug-likeness (QED) is 0.274. The molecule has 0 spiro atoms. The molecule has 0 aromatic heterocycles. The number of thioether (sulfide) groups is 1. The summed E-state index contributed by atoms with van der Waals surface area (Å²) in [5, 5.41) is 2.14. The van der Waals surface area contributed by atoms with Crippen molar-refractivity contribution >= 4 is 46.4 Å². The molecule has 5 N–H and O–H groups in total. The predicted molar refractivity (Wildman–Crippen MR) is 105 cm³/mol. The molecule has 0 radical (unpaired) electrons. The first-order chi connectivity index (χ1) is 12.9. The number of anilines is 1. The molecule has 0 fully saturated rings. The van der Waals surface area contributed by atoms with E-state index in [1.54, 1.807) is 24.3 Å². The summed E-state index contributed by atoms with van der Waals surface area (Å²) in [5.74, 6) is -1.42. The Morgan fingerprint density at radius 2 is 2.00 bits per heavy atom. The number of nitrogens with zero attached hydrogens (tertiary/aromatic N) is 2. The second-order valence-corrected chi connectivity index (χ2v) is 6.86.